The van der Waals surface area contributed by atoms with Crippen LogP contribution in [-0.2, 0) is 0 Å². The monoisotopic (exact) mass is 375 g/mol. The van der Waals surface area contributed by atoms with Crippen LogP contribution in [0.2, 0.25) is 0 Å². The van der Waals surface area contributed by atoms with E-state index in [-0.39, 0.29) is 22.7 Å². The Morgan fingerprint density at radius 3 is 2.45 bits per heavy atom. The molecule has 1 aliphatic rings. The summed E-state index contributed by atoms with van der Waals surface area (Å²) in [6.45, 7) is 0. The van der Waals surface area contributed by atoms with Crippen LogP contribution in [0, 0.1) is 0 Å². The third kappa shape index (κ3) is 3.99. The summed E-state index contributed by atoms with van der Waals surface area (Å²) in [6.07, 6.45) is 1.60. The number of nitrogens with one attached hydrogen (secondary N) is 1. The molecule has 0 atom stereocenters. The first kappa shape index (κ1) is 16.3. The molecule has 0 amide bonds. The molecule has 2 aromatic carbocycles. The van der Waals surface area contributed by atoms with Gasteiger partial charge < -0.3 is 5.11 Å². The number of thioether (sulfide) groups is 1. The molecule has 2 aromatic rings. The van der Waals surface area contributed by atoms with Crippen LogP contribution in [-0.4, -0.2) is 16.5 Å². The second kappa shape index (κ2) is 7.82. The molecule has 0 aromatic heterocycles. The second-order valence-corrected chi connectivity index (χ2v) is 5.18. The number of hydrogen-bond donors (Lipinski definition) is 2. The summed E-state index contributed by atoms with van der Waals surface area (Å²) in [5.41, 5.74) is 5.68. The van der Waals surface area contributed by atoms with Gasteiger partial charge in [0, 0.05) is 22.7 Å². The van der Waals surface area contributed by atoms with Gasteiger partial charge in [-0.15, -0.1) is 22.1 Å². The number of amidine groups is 1. The van der Waals surface area contributed by atoms with Crippen molar-refractivity contribution in [2.45, 2.75) is 0 Å². The Morgan fingerprint density at radius 2 is 1.77 bits per heavy atom. The summed E-state index contributed by atoms with van der Waals surface area (Å²) >= 11 is 1.44. The van der Waals surface area contributed by atoms with E-state index in [0.717, 1.165) is 11.3 Å². The van der Waals surface area contributed by atoms with Crippen molar-refractivity contribution in [3.63, 3.8) is 0 Å². The van der Waals surface area contributed by atoms with Crippen LogP contribution in [0.5, 0.6) is 5.75 Å². The first-order valence-corrected chi connectivity index (χ1v) is 7.29. The molecule has 0 aliphatic carbocycles. The zero-order valence-electron chi connectivity index (χ0n) is 11.5. The topological polar surface area (TPSA) is 57.0 Å². The van der Waals surface area contributed by atoms with Gasteiger partial charge in [-0.3, -0.25) is 5.43 Å². The summed E-state index contributed by atoms with van der Waals surface area (Å²) in [5.74, 6) is 0.205. The minimum Gasteiger partial charge on any atom is -0.507 e. The van der Waals surface area contributed by atoms with E-state index in [0.29, 0.717) is 10.7 Å². The highest BCUT2D eigenvalue weighted by Gasteiger charge is 2.07. The molecular weight excluding hydrogens is 362 g/mol. The highest BCUT2D eigenvalue weighted by atomic mass is 79.9. The predicted molar refractivity (Wildman–Crippen MR) is 98.6 cm³/mol. The summed E-state index contributed by atoms with van der Waals surface area (Å²) in [4.78, 5) is 4.26. The van der Waals surface area contributed by atoms with Gasteiger partial charge in [-0.1, -0.05) is 54.2 Å². The first-order valence-electron chi connectivity index (χ1n) is 6.41. The van der Waals surface area contributed by atoms with Crippen molar-refractivity contribution < 1.29 is 5.11 Å². The number of hydrogen-bond acceptors (Lipinski definition) is 5. The number of phenolic OH excluding ortho intramolecular Hbond substituents is 1. The van der Waals surface area contributed by atoms with Crippen molar-refractivity contribution in [1.29, 1.82) is 0 Å². The Bertz CT molecular complexity index is 729. The molecule has 4 nitrogen and oxygen atoms in total. The third-order valence-electron chi connectivity index (χ3n) is 2.89. The largest absolute Gasteiger partial charge is 0.507 e. The van der Waals surface area contributed by atoms with E-state index in [2.05, 4.69) is 15.5 Å². The number of rotatable bonds is 2. The molecule has 3 rings (SSSR count). The molecule has 6 heteroatoms. The molecule has 0 bridgehead atoms. The van der Waals surface area contributed by atoms with Crippen LogP contribution in [0.3, 0.4) is 0 Å². The van der Waals surface area contributed by atoms with E-state index < -0.39 is 0 Å². The van der Waals surface area contributed by atoms with Gasteiger partial charge in [-0.2, -0.15) is 0 Å². The molecule has 1 heterocycles. The first-order chi connectivity index (χ1) is 10.3. The van der Waals surface area contributed by atoms with Gasteiger partial charge in [-0.25, -0.2) is 4.99 Å². The Morgan fingerprint density at radius 1 is 1.05 bits per heavy atom. The maximum Gasteiger partial charge on any atom is 0.210 e. The number of aliphatic imine (C=N–C) groups is 1. The zero-order valence-corrected chi connectivity index (χ0v) is 14.0. The van der Waals surface area contributed by atoms with Crippen LogP contribution in [0.4, 0.5) is 0 Å². The van der Waals surface area contributed by atoms with Crippen molar-refractivity contribution >= 4 is 45.8 Å². The van der Waals surface area contributed by atoms with Gasteiger partial charge in [0.15, 0.2) is 0 Å². The number of aromatic hydroxyl groups is 1. The highest BCUT2D eigenvalue weighted by Crippen LogP contribution is 2.22. The van der Waals surface area contributed by atoms with E-state index in [1.165, 1.54) is 11.8 Å². The normalized spacial score (nSPS) is 13.8. The Hall–Kier alpha value is -2.05. The molecule has 22 heavy (non-hydrogen) atoms. The average molecular weight is 376 g/mol. The van der Waals surface area contributed by atoms with E-state index >= 15 is 0 Å². The van der Waals surface area contributed by atoms with Gasteiger partial charge in [0.2, 0.25) is 5.17 Å². The summed E-state index contributed by atoms with van der Waals surface area (Å²) in [6, 6.07) is 17.0. The van der Waals surface area contributed by atoms with Crippen LogP contribution in [0.25, 0.3) is 5.70 Å². The summed E-state index contributed by atoms with van der Waals surface area (Å²) in [7, 11) is 0. The second-order valence-electron chi connectivity index (χ2n) is 4.34. The van der Waals surface area contributed by atoms with E-state index in [1.54, 1.807) is 24.4 Å². The number of phenols is 1. The number of nitrogens with zero attached hydrogens (tertiary/aromatic N) is 2. The van der Waals surface area contributed by atoms with Crippen LogP contribution >= 0.6 is 28.7 Å². The predicted octanol–water partition coefficient (Wildman–Crippen LogP) is 4.00. The molecule has 0 unspecified atom stereocenters. The Labute approximate surface area is 143 Å². The molecule has 2 N–H and O–H groups in total. The molecule has 1 aliphatic heterocycles. The fourth-order valence-electron chi connectivity index (χ4n) is 1.80. The molecule has 0 saturated carbocycles. The third-order valence-corrected chi connectivity index (χ3v) is 3.65. The molecule has 0 fully saturated rings. The van der Waals surface area contributed by atoms with Crippen LogP contribution < -0.4 is 5.43 Å². The van der Waals surface area contributed by atoms with E-state index in [1.807, 2.05) is 41.8 Å². The average Bonchev–Trinajstić information content (AvgIpc) is 2.55. The van der Waals surface area contributed by atoms with Crippen LogP contribution in [0.1, 0.15) is 11.1 Å². The SMILES string of the molecule is Br.Oc1ccccc1/C=N/C1=NNC(c2ccccc2)=CS1. The Kier molecular flexibility index (Phi) is 5.80. The summed E-state index contributed by atoms with van der Waals surface area (Å²) < 4.78 is 0. The molecule has 112 valence electrons. The van der Waals surface area contributed by atoms with Crippen molar-refractivity contribution in [2.75, 3.05) is 0 Å². The van der Waals surface area contributed by atoms with E-state index in [4.69, 9.17) is 0 Å². The lowest BCUT2D eigenvalue weighted by Gasteiger charge is -2.11. The Balaban J connectivity index is 0.00000176. The fourth-order valence-corrected chi connectivity index (χ4v) is 2.43. The van der Waals surface area contributed by atoms with Gasteiger partial charge in [0.25, 0.3) is 0 Å². The zero-order chi connectivity index (χ0) is 14.5. The minimum absolute atomic E-state index is 0. The van der Waals surface area contributed by atoms with Gasteiger partial charge >= 0.3 is 0 Å². The molecule has 0 radical (unpaired) electrons. The summed E-state index contributed by atoms with van der Waals surface area (Å²) in [5, 5.41) is 16.4. The maximum absolute atomic E-state index is 9.67. The number of hydrazone groups is 1. The van der Waals surface area contributed by atoms with Gasteiger partial charge in [0.1, 0.15) is 5.75 Å². The smallest absolute Gasteiger partial charge is 0.210 e. The number of para-hydroxylation sites is 1. The van der Waals surface area contributed by atoms with Gasteiger partial charge in [0.05, 0.1) is 5.70 Å². The maximum atomic E-state index is 9.67. The van der Waals surface area contributed by atoms with Crippen molar-refractivity contribution in [2.24, 2.45) is 10.1 Å². The lowest BCUT2D eigenvalue weighted by Crippen LogP contribution is -2.10. The van der Waals surface area contributed by atoms with Crippen molar-refractivity contribution in [3.05, 3.63) is 71.1 Å². The molecule has 0 spiro atoms. The fraction of sp³-hybridized carbons (Fsp3) is 0. The standard InChI is InChI=1S/C16H13N3OS.BrH/c20-15-9-5-4-8-13(15)10-17-16-19-18-14(11-21-16)12-6-2-1-3-7-12;/h1-11,18,20H;1H/b17-10+;. The van der Waals surface area contributed by atoms with Crippen molar-refractivity contribution in [3.8, 4) is 5.75 Å². The number of benzene rings is 2. The molecule has 0 saturated heterocycles. The van der Waals surface area contributed by atoms with E-state index in [9.17, 15) is 5.11 Å². The van der Waals surface area contributed by atoms with Crippen LogP contribution in [0.15, 0.2) is 70.1 Å². The lowest BCUT2D eigenvalue weighted by atomic mass is 10.2. The van der Waals surface area contributed by atoms with Crippen molar-refractivity contribution in [1.82, 2.24) is 5.43 Å². The minimum atomic E-state index is 0. The highest BCUT2D eigenvalue weighted by molar-refractivity contribution is 8.93. The molecular formula is C16H14BrN3OS. The lowest BCUT2D eigenvalue weighted by molar-refractivity contribution is 0.474. The van der Waals surface area contributed by atoms with Gasteiger partial charge in [-0.05, 0) is 12.1 Å². The number of halogens is 1. The quantitative estimate of drug-likeness (QED) is 0.780.